The minimum absolute atomic E-state index is 0.552. The van der Waals surface area contributed by atoms with E-state index in [0.717, 1.165) is 6.92 Å². The molecular weight excluding hydrogens is 153 g/mol. The summed E-state index contributed by atoms with van der Waals surface area (Å²) in [6, 6.07) is 0. The number of rotatable bonds is 2. The van der Waals surface area contributed by atoms with E-state index in [1.807, 2.05) is 0 Å². The molecule has 0 saturated carbocycles. The largest absolute Gasteiger partial charge is 0.314 e. The van der Waals surface area contributed by atoms with Crippen LogP contribution in [0.3, 0.4) is 0 Å². The number of carbonyl (C=O) groups is 1. The molecule has 0 rings (SSSR count). The SMILES string of the molecule is CC(=O)C(Cl)(Cl)NO. The summed E-state index contributed by atoms with van der Waals surface area (Å²) < 4.78 is -1.85. The van der Waals surface area contributed by atoms with Crippen molar-refractivity contribution >= 4 is 29.0 Å². The predicted molar refractivity (Wildman–Crippen MR) is 30.0 cm³/mol. The zero-order valence-corrected chi connectivity index (χ0v) is 5.62. The minimum Gasteiger partial charge on any atom is -0.314 e. The fourth-order valence-corrected chi connectivity index (χ4v) is 0.0787. The van der Waals surface area contributed by atoms with E-state index in [4.69, 9.17) is 28.4 Å². The molecule has 0 aliphatic heterocycles. The lowest BCUT2D eigenvalue weighted by atomic mass is 10.4. The van der Waals surface area contributed by atoms with Gasteiger partial charge in [0, 0.05) is 0 Å². The maximum absolute atomic E-state index is 10.2. The van der Waals surface area contributed by atoms with Gasteiger partial charge in [-0.1, -0.05) is 23.2 Å². The highest BCUT2D eigenvalue weighted by molar-refractivity contribution is 6.57. The number of alkyl halides is 2. The predicted octanol–water partition coefficient (Wildman–Crippen LogP) is 0.686. The number of hydroxylamine groups is 1. The molecule has 0 aliphatic carbocycles. The summed E-state index contributed by atoms with van der Waals surface area (Å²) in [7, 11) is 0. The van der Waals surface area contributed by atoms with E-state index in [1.54, 1.807) is 0 Å². The van der Waals surface area contributed by atoms with Crippen LogP contribution in [0, 0.1) is 0 Å². The monoisotopic (exact) mass is 157 g/mol. The Bertz CT molecular complexity index is 103. The van der Waals surface area contributed by atoms with Crippen LogP contribution in [-0.4, -0.2) is 15.4 Å². The van der Waals surface area contributed by atoms with E-state index in [9.17, 15) is 4.79 Å². The first kappa shape index (κ1) is 8.17. The Morgan fingerprint density at radius 1 is 1.75 bits per heavy atom. The van der Waals surface area contributed by atoms with Crippen molar-refractivity contribution in [1.29, 1.82) is 0 Å². The van der Waals surface area contributed by atoms with Crippen molar-refractivity contribution in [2.45, 2.75) is 11.4 Å². The summed E-state index contributed by atoms with van der Waals surface area (Å²) in [5.74, 6) is -0.552. The van der Waals surface area contributed by atoms with E-state index in [1.165, 1.54) is 5.48 Å². The van der Waals surface area contributed by atoms with Gasteiger partial charge in [-0.2, -0.15) is 5.48 Å². The van der Waals surface area contributed by atoms with Crippen molar-refractivity contribution in [3.63, 3.8) is 0 Å². The fraction of sp³-hybridized carbons (Fsp3) is 0.667. The van der Waals surface area contributed by atoms with Crippen molar-refractivity contribution in [2.75, 3.05) is 0 Å². The summed E-state index contributed by atoms with van der Waals surface area (Å²) in [6.45, 7) is 1.16. The third-order valence-corrected chi connectivity index (χ3v) is 1.28. The van der Waals surface area contributed by atoms with Crippen LogP contribution in [0.2, 0.25) is 0 Å². The van der Waals surface area contributed by atoms with E-state index < -0.39 is 10.2 Å². The summed E-state index contributed by atoms with van der Waals surface area (Å²) in [4.78, 5) is 10.2. The van der Waals surface area contributed by atoms with Gasteiger partial charge >= 0.3 is 0 Å². The summed E-state index contributed by atoms with van der Waals surface area (Å²) in [5, 5.41) is 8.03. The number of halogens is 2. The molecule has 2 N–H and O–H groups in total. The first-order chi connectivity index (χ1) is 3.50. The fourth-order valence-electron chi connectivity index (χ4n) is 0.0787. The molecule has 0 bridgehead atoms. The second-order valence-corrected chi connectivity index (χ2v) is 2.57. The average Bonchev–Trinajstić information content (AvgIpc) is 1.67. The maximum Gasteiger partial charge on any atom is 0.248 e. The second-order valence-electron chi connectivity index (χ2n) is 1.24. The lowest BCUT2D eigenvalue weighted by molar-refractivity contribution is -0.120. The number of carbonyl (C=O) groups excluding carboxylic acids is 1. The van der Waals surface area contributed by atoms with Gasteiger partial charge in [-0.05, 0) is 6.92 Å². The Kier molecular flexibility index (Phi) is 2.70. The molecule has 0 aliphatic rings. The van der Waals surface area contributed by atoms with Gasteiger partial charge in [0.25, 0.3) is 0 Å². The summed E-state index contributed by atoms with van der Waals surface area (Å²) in [5.41, 5.74) is 1.42. The van der Waals surface area contributed by atoms with Gasteiger partial charge in [0.15, 0.2) is 5.78 Å². The standard InChI is InChI=1S/C3H5Cl2NO2/c1-2(7)3(4,5)6-8/h6,8H,1H3. The van der Waals surface area contributed by atoms with Crippen molar-refractivity contribution < 1.29 is 10.0 Å². The van der Waals surface area contributed by atoms with Crippen molar-refractivity contribution in [1.82, 2.24) is 5.48 Å². The van der Waals surface area contributed by atoms with Crippen LogP contribution in [0.15, 0.2) is 0 Å². The van der Waals surface area contributed by atoms with Gasteiger partial charge in [0.2, 0.25) is 4.46 Å². The molecule has 5 heteroatoms. The van der Waals surface area contributed by atoms with Crippen LogP contribution in [0.25, 0.3) is 0 Å². The summed E-state index contributed by atoms with van der Waals surface area (Å²) >= 11 is 10.2. The molecule has 0 amide bonds. The number of hydrogen-bond acceptors (Lipinski definition) is 3. The summed E-state index contributed by atoms with van der Waals surface area (Å²) in [6.07, 6.45) is 0. The van der Waals surface area contributed by atoms with E-state index in [0.29, 0.717) is 0 Å². The third-order valence-electron chi connectivity index (χ3n) is 0.583. The quantitative estimate of drug-likeness (QED) is 0.353. The molecule has 0 saturated heterocycles. The van der Waals surface area contributed by atoms with Crippen molar-refractivity contribution in [3.05, 3.63) is 0 Å². The molecule has 0 atom stereocenters. The smallest absolute Gasteiger partial charge is 0.248 e. The normalized spacial score (nSPS) is 11.5. The first-order valence-corrected chi connectivity index (χ1v) is 2.56. The van der Waals surface area contributed by atoms with Crippen LogP contribution in [0.1, 0.15) is 6.92 Å². The second kappa shape index (κ2) is 2.64. The van der Waals surface area contributed by atoms with Gasteiger partial charge in [-0.15, -0.1) is 0 Å². The molecule has 8 heavy (non-hydrogen) atoms. The molecule has 0 heterocycles. The Morgan fingerprint density at radius 2 is 2.12 bits per heavy atom. The highest BCUT2D eigenvalue weighted by atomic mass is 35.5. The Labute approximate surface area is 56.5 Å². The van der Waals surface area contributed by atoms with Gasteiger partial charge in [0.05, 0.1) is 0 Å². The Morgan fingerprint density at radius 3 is 2.12 bits per heavy atom. The highest BCUT2D eigenvalue weighted by Crippen LogP contribution is 2.16. The Hall–Kier alpha value is 0.170. The van der Waals surface area contributed by atoms with Crippen LogP contribution in [0.4, 0.5) is 0 Å². The van der Waals surface area contributed by atoms with Crippen molar-refractivity contribution in [3.8, 4) is 0 Å². The lowest BCUT2D eigenvalue weighted by Gasteiger charge is -2.11. The third kappa shape index (κ3) is 1.96. The zero-order valence-electron chi connectivity index (χ0n) is 4.11. The maximum atomic E-state index is 10.2. The number of Topliss-reactive ketones (excluding diaryl/α,β-unsaturated/α-hetero) is 1. The molecule has 0 fully saturated rings. The minimum atomic E-state index is -1.85. The molecule has 0 spiro atoms. The van der Waals surface area contributed by atoms with E-state index in [-0.39, 0.29) is 0 Å². The number of ketones is 1. The first-order valence-electron chi connectivity index (χ1n) is 1.81. The molecule has 3 nitrogen and oxygen atoms in total. The van der Waals surface area contributed by atoms with Gasteiger partial charge in [0.1, 0.15) is 0 Å². The van der Waals surface area contributed by atoms with Crippen LogP contribution < -0.4 is 5.48 Å². The molecule has 48 valence electrons. The molecule has 0 aromatic heterocycles. The molecular formula is C3H5Cl2NO2. The van der Waals surface area contributed by atoms with E-state index in [2.05, 4.69) is 0 Å². The van der Waals surface area contributed by atoms with Crippen LogP contribution >= 0.6 is 23.2 Å². The van der Waals surface area contributed by atoms with Crippen molar-refractivity contribution in [2.24, 2.45) is 0 Å². The lowest BCUT2D eigenvalue weighted by Crippen LogP contribution is -2.38. The number of nitrogens with one attached hydrogen (secondary N) is 1. The zero-order chi connectivity index (χ0) is 6.78. The molecule has 0 aromatic carbocycles. The van der Waals surface area contributed by atoms with Gasteiger partial charge in [-0.3, -0.25) is 4.79 Å². The number of hydrogen-bond donors (Lipinski definition) is 2. The van der Waals surface area contributed by atoms with Crippen LogP contribution in [-0.2, 0) is 4.79 Å². The average molecular weight is 158 g/mol. The highest BCUT2D eigenvalue weighted by Gasteiger charge is 2.28. The molecule has 0 aromatic rings. The van der Waals surface area contributed by atoms with E-state index >= 15 is 0 Å². The topological polar surface area (TPSA) is 49.3 Å². The van der Waals surface area contributed by atoms with Gasteiger partial charge in [-0.25, -0.2) is 0 Å². The molecule has 0 radical (unpaired) electrons. The molecule has 0 unspecified atom stereocenters. The Balaban J connectivity index is 3.91. The van der Waals surface area contributed by atoms with Gasteiger partial charge < -0.3 is 5.21 Å². The van der Waals surface area contributed by atoms with Crippen LogP contribution in [0.5, 0.6) is 0 Å².